The lowest BCUT2D eigenvalue weighted by Gasteiger charge is -2.04. The monoisotopic (exact) mass is 253 g/mol. The van der Waals surface area contributed by atoms with Gasteiger partial charge in [0.15, 0.2) is 0 Å². The molecule has 0 spiro atoms. The Hall–Kier alpha value is -1.32. The Morgan fingerprint density at radius 3 is 2.44 bits per heavy atom. The van der Waals surface area contributed by atoms with Crippen molar-refractivity contribution in [2.24, 2.45) is 17.3 Å². The van der Waals surface area contributed by atoms with Crippen LogP contribution in [0.5, 0.6) is 0 Å². The fourth-order valence-corrected chi connectivity index (χ4v) is 2.26. The lowest BCUT2D eigenvalue weighted by molar-refractivity contribution is -0.146. The Balaban J connectivity index is 2.44. The number of carbonyl (C=O) groups excluding carboxylic acids is 2. The van der Waals surface area contributed by atoms with Gasteiger partial charge in [0.25, 0.3) is 0 Å². The van der Waals surface area contributed by atoms with Crippen molar-refractivity contribution in [3.63, 3.8) is 0 Å². The number of nitrogens with one attached hydrogen (secondary N) is 1. The summed E-state index contributed by atoms with van der Waals surface area (Å²) in [6.07, 6.45) is 2.35. The van der Waals surface area contributed by atoms with Gasteiger partial charge < -0.3 is 10.1 Å². The van der Waals surface area contributed by atoms with E-state index < -0.39 is 0 Å². The molecule has 1 rings (SSSR count). The highest BCUT2D eigenvalue weighted by Gasteiger charge is 2.61. The van der Waals surface area contributed by atoms with Crippen molar-refractivity contribution >= 4 is 11.9 Å². The second-order valence-electron chi connectivity index (χ2n) is 5.66. The van der Waals surface area contributed by atoms with E-state index in [-0.39, 0.29) is 42.2 Å². The molecule has 4 nitrogen and oxygen atoms in total. The minimum absolute atomic E-state index is 0.0264. The molecule has 4 heteroatoms. The number of amides is 1. The maximum absolute atomic E-state index is 11.9. The summed E-state index contributed by atoms with van der Waals surface area (Å²) >= 11 is 0. The molecule has 1 amide bonds. The Kier molecular flexibility index (Phi) is 4.54. The van der Waals surface area contributed by atoms with Crippen LogP contribution in [0.1, 0.15) is 34.1 Å². The van der Waals surface area contributed by atoms with Gasteiger partial charge in [-0.2, -0.15) is 0 Å². The molecule has 0 aliphatic heterocycles. The summed E-state index contributed by atoms with van der Waals surface area (Å²) in [5.74, 6) is -0.114. The summed E-state index contributed by atoms with van der Waals surface area (Å²) in [6.45, 7) is 8.36. The molecule has 0 radical (unpaired) electrons. The Labute approximate surface area is 109 Å². The van der Waals surface area contributed by atoms with Gasteiger partial charge in [-0.1, -0.05) is 25.5 Å². The second kappa shape index (κ2) is 5.55. The van der Waals surface area contributed by atoms with E-state index in [1.807, 2.05) is 13.8 Å². The fraction of sp³-hybridized carbons (Fsp3) is 0.714. The highest BCUT2D eigenvalue weighted by Crippen LogP contribution is 2.59. The predicted octanol–water partition coefficient (Wildman–Crippen LogP) is 1.90. The molecule has 0 saturated heterocycles. The minimum Gasteiger partial charge on any atom is -0.465 e. The molecular formula is C14H23NO3. The van der Waals surface area contributed by atoms with Gasteiger partial charge in [0.1, 0.15) is 6.61 Å². The van der Waals surface area contributed by atoms with Gasteiger partial charge in [-0.25, -0.2) is 0 Å². The largest absolute Gasteiger partial charge is 0.465 e. The zero-order valence-electron chi connectivity index (χ0n) is 11.9. The van der Waals surface area contributed by atoms with E-state index in [9.17, 15) is 9.59 Å². The van der Waals surface area contributed by atoms with Crippen LogP contribution in [-0.4, -0.2) is 25.5 Å². The Morgan fingerprint density at radius 2 is 1.94 bits per heavy atom. The molecule has 1 aliphatic rings. The van der Waals surface area contributed by atoms with Crippen LogP contribution in [0, 0.1) is 17.3 Å². The minimum atomic E-state index is -0.189. The van der Waals surface area contributed by atoms with E-state index >= 15 is 0 Å². The third-order valence-corrected chi connectivity index (χ3v) is 3.53. The van der Waals surface area contributed by atoms with E-state index in [2.05, 4.69) is 25.2 Å². The molecule has 102 valence electrons. The van der Waals surface area contributed by atoms with E-state index in [4.69, 9.17) is 4.74 Å². The van der Waals surface area contributed by atoms with Crippen LogP contribution in [0.15, 0.2) is 11.6 Å². The van der Waals surface area contributed by atoms with Gasteiger partial charge in [0.2, 0.25) is 5.91 Å². The first-order valence-corrected chi connectivity index (χ1v) is 6.33. The van der Waals surface area contributed by atoms with Gasteiger partial charge in [0, 0.05) is 7.05 Å². The SMILES string of the molecule is CNC(=O)CCOC(=O)[C@H]1[C@@H](C=C(C)C)C1(C)C. The summed E-state index contributed by atoms with van der Waals surface area (Å²) in [7, 11) is 1.57. The third kappa shape index (κ3) is 3.34. The van der Waals surface area contributed by atoms with Crippen LogP contribution in [0.2, 0.25) is 0 Å². The van der Waals surface area contributed by atoms with Crippen molar-refractivity contribution in [3.8, 4) is 0 Å². The lowest BCUT2D eigenvalue weighted by atomic mass is 10.1. The molecule has 0 heterocycles. The standard InChI is InChI=1S/C14H23NO3/c1-9(2)8-10-12(14(10,3)4)13(17)18-7-6-11(16)15-5/h8,10,12H,6-7H2,1-5H3,(H,15,16)/t10-,12-/m1/s1. The van der Waals surface area contributed by atoms with Crippen LogP contribution in [0.25, 0.3) is 0 Å². The van der Waals surface area contributed by atoms with Gasteiger partial charge in [0.05, 0.1) is 12.3 Å². The third-order valence-electron chi connectivity index (χ3n) is 3.53. The van der Waals surface area contributed by atoms with Gasteiger partial charge in [-0.3, -0.25) is 9.59 Å². The van der Waals surface area contributed by atoms with E-state index in [0.29, 0.717) is 0 Å². The summed E-state index contributed by atoms with van der Waals surface area (Å²) < 4.78 is 5.16. The highest BCUT2D eigenvalue weighted by atomic mass is 16.5. The first kappa shape index (κ1) is 14.7. The first-order chi connectivity index (χ1) is 8.30. The van der Waals surface area contributed by atoms with Crippen LogP contribution in [0.4, 0.5) is 0 Å². The van der Waals surface area contributed by atoms with Crippen molar-refractivity contribution in [2.75, 3.05) is 13.7 Å². The summed E-state index contributed by atoms with van der Waals surface area (Å²) in [5.41, 5.74) is 1.19. The molecule has 0 unspecified atom stereocenters. The number of hydrogen-bond donors (Lipinski definition) is 1. The van der Waals surface area contributed by atoms with Crippen molar-refractivity contribution in [1.29, 1.82) is 0 Å². The molecule has 1 saturated carbocycles. The normalized spacial score (nSPS) is 24.1. The smallest absolute Gasteiger partial charge is 0.310 e. The van der Waals surface area contributed by atoms with Crippen LogP contribution < -0.4 is 5.32 Å². The maximum Gasteiger partial charge on any atom is 0.310 e. The maximum atomic E-state index is 11.9. The molecule has 1 N–H and O–H groups in total. The molecule has 1 aliphatic carbocycles. The van der Waals surface area contributed by atoms with E-state index in [1.54, 1.807) is 7.05 Å². The first-order valence-electron chi connectivity index (χ1n) is 6.33. The van der Waals surface area contributed by atoms with Crippen LogP contribution >= 0.6 is 0 Å². The molecule has 0 aromatic heterocycles. The molecule has 0 aromatic carbocycles. The predicted molar refractivity (Wildman–Crippen MR) is 69.8 cm³/mol. The summed E-state index contributed by atoms with van der Waals surface area (Å²) in [6, 6.07) is 0. The van der Waals surface area contributed by atoms with Crippen LogP contribution in [-0.2, 0) is 14.3 Å². The number of allylic oxidation sites excluding steroid dienone is 2. The number of hydrogen-bond acceptors (Lipinski definition) is 3. The number of esters is 1. The molecule has 18 heavy (non-hydrogen) atoms. The number of rotatable bonds is 5. The van der Waals surface area contributed by atoms with Crippen molar-refractivity contribution in [3.05, 3.63) is 11.6 Å². The average molecular weight is 253 g/mol. The molecule has 0 bridgehead atoms. The fourth-order valence-electron chi connectivity index (χ4n) is 2.26. The average Bonchev–Trinajstić information content (AvgIpc) is 2.79. The van der Waals surface area contributed by atoms with Crippen LogP contribution in [0.3, 0.4) is 0 Å². The van der Waals surface area contributed by atoms with E-state index in [0.717, 1.165) is 0 Å². The van der Waals surface area contributed by atoms with Crippen molar-refractivity contribution < 1.29 is 14.3 Å². The van der Waals surface area contributed by atoms with E-state index in [1.165, 1.54) is 5.57 Å². The van der Waals surface area contributed by atoms with Gasteiger partial charge in [-0.05, 0) is 25.2 Å². The quantitative estimate of drug-likeness (QED) is 0.601. The topological polar surface area (TPSA) is 55.4 Å². The summed E-state index contributed by atoms with van der Waals surface area (Å²) in [4.78, 5) is 22.9. The Morgan fingerprint density at radius 1 is 1.33 bits per heavy atom. The summed E-state index contributed by atoms with van der Waals surface area (Å²) in [5, 5.41) is 2.49. The second-order valence-corrected chi connectivity index (χ2v) is 5.66. The Bertz CT molecular complexity index is 367. The molecular weight excluding hydrogens is 230 g/mol. The van der Waals surface area contributed by atoms with Gasteiger partial charge >= 0.3 is 5.97 Å². The molecule has 2 atom stereocenters. The number of carbonyl (C=O) groups is 2. The van der Waals surface area contributed by atoms with Gasteiger partial charge in [-0.15, -0.1) is 0 Å². The zero-order chi connectivity index (χ0) is 13.9. The van der Waals surface area contributed by atoms with Crippen molar-refractivity contribution in [1.82, 2.24) is 5.32 Å². The zero-order valence-corrected chi connectivity index (χ0v) is 11.9. The lowest BCUT2D eigenvalue weighted by Crippen LogP contribution is -2.21. The van der Waals surface area contributed by atoms with Crippen molar-refractivity contribution in [2.45, 2.75) is 34.1 Å². The molecule has 1 fully saturated rings. The highest BCUT2D eigenvalue weighted by molar-refractivity contribution is 5.79. The number of ether oxygens (including phenoxy) is 1. The molecule has 0 aromatic rings.